The van der Waals surface area contributed by atoms with Crippen molar-refractivity contribution in [2.24, 2.45) is 5.92 Å². The molecule has 0 saturated carbocycles. The van der Waals surface area contributed by atoms with Gasteiger partial charge >= 0.3 is 6.03 Å². The molecular formula is C25H31N3O4S. The van der Waals surface area contributed by atoms with Crippen molar-refractivity contribution in [3.05, 3.63) is 59.7 Å². The Morgan fingerprint density at radius 3 is 2.24 bits per heavy atom. The molecular weight excluding hydrogens is 438 g/mol. The van der Waals surface area contributed by atoms with E-state index in [1.807, 2.05) is 44.2 Å². The normalized spacial score (nSPS) is 19.0. The molecule has 7 nitrogen and oxygen atoms in total. The van der Waals surface area contributed by atoms with Crippen LogP contribution in [-0.2, 0) is 27.7 Å². The van der Waals surface area contributed by atoms with E-state index in [-0.39, 0.29) is 35.9 Å². The average molecular weight is 470 g/mol. The molecule has 2 heterocycles. The number of rotatable bonds is 7. The summed E-state index contributed by atoms with van der Waals surface area (Å²) in [6.07, 6.45) is 0. The number of hydrogen-bond acceptors (Lipinski definition) is 5. The Labute approximate surface area is 195 Å². The summed E-state index contributed by atoms with van der Waals surface area (Å²) in [6, 6.07) is 16.2. The van der Waals surface area contributed by atoms with Crippen LogP contribution in [0.3, 0.4) is 0 Å². The molecule has 0 aliphatic carbocycles. The highest BCUT2D eigenvalue weighted by molar-refractivity contribution is 7.91. The minimum absolute atomic E-state index is 0.131. The van der Waals surface area contributed by atoms with Crippen LogP contribution in [0.25, 0.3) is 11.1 Å². The van der Waals surface area contributed by atoms with E-state index in [0.29, 0.717) is 26.2 Å². The number of urea groups is 1. The van der Waals surface area contributed by atoms with Crippen LogP contribution in [0.2, 0.25) is 0 Å². The highest BCUT2D eigenvalue weighted by atomic mass is 32.2. The summed E-state index contributed by atoms with van der Waals surface area (Å²) in [5, 5.41) is 0. The van der Waals surface area contributed by atoms with Gasteiger partial charge in [-0.05, 0) is 34.2 Å². The largest absolute Gasteiger partial charge is 0.327 e. The van der Waals surface area contributed by atoms with Crippen molar-refractivity contribution in [3.63, 3.8) is 0 Å². The van der Waals surface area contributed by atoms with E-state index in [1.54, 1.807) is 4.90 Å². The zero-order valence-electron chi connectivity index (χ0n) is 19.2. The van der Waals surface area contributed by atoms with Gasteiger partial charge in [-0.2, -0.15) is 0 Å². The standard InChI is InChI=1S/C25H31N3O4S/c1-19(2)15-28-24(29)18-27(25(28)30)17-20-6-8-22(9-7-20)23-5-3-4-21(14-23)16-26-10-12-33(31,32)13-11-26/h3-9,14,19H,10-13,15-18H2,1-2H3. The van der Waals surface area contributed by atoms with Crippen LogP contribution in [0.5, 0.6) is 0 Å². The van der Waals surface area contributed by atoms with Crippen molar-refractivity contribution in [2.75, 3.05) is 37.7 Å². The molecule has 0 spiro atoms. The fourth-order valence-corrected chi connectivity index (χ4v) is 5.58. The van der Waals surface area contributed by atoms with E-state index in [4.69, 9.17) is 0 Å². The molecule has 2 aromatic carbocycles. The van der Waals surface area contributed by atoms with Gasteiger partial charge in [-0.3, -0.25) is 14.6 Å². The maximum absolute atomic E-state index is 12.6. The van der Waals surface area contributed by atoms with E-state index in [1.165, 1.54) is 4.90 Å². The Kier molecular flexibility index (Phi) is 6.86. The predicted molar refractivity (Wildman–Crippen MR) is 128 cm³/mol. The van der Waals surface area contributed by atoms with Crippen molar-refractivity contribution >= 4 is 21.8 Å². The lowest BCUT2D eigenvalue weighted by molar-refractivity contribution is -0.125. The monoisotopic (exact) mass is 469 g/mol. The van der Waals surface area contributed by atoms with Gasteiger partial charge in [0.15, 0.2) is 9.84 Å². The molecule has 0 unspecified atom stereocenters. The van der Waals surface area contributed by atoms with Crippen molar-refractivity contribution in [2.45, 2.75) is 26.9 Å². The SMILES string of the molecule is CC(C)CN1C(=O)CN(Cc2ccc(-c3cccc(CN4CCS(=O)(=O)CC4)c3)cc2)C1=O. The Morgan fingerprint density at radius 2 is 1.58 bits per heavy atom. The summed E-state index contributed by atoms with van der Waals surface area (Å²) in [5.74, 6) is 0.576. The Balaban J connectivity index is 1.39. The van der Waals surface area contributed by atoms with Gasteiger partial charge in [-0.25, -0.2) is 13.2 Å². The van der Waals surface area contributed by atoms with Crippen LogP contribution in [-0.4, -0.2) is 72.7 Å². The van der Waals surface area contributed by atoms with Crippen molar-refractivity contribution < 1.29 is 18.0 Å². The van der Waals surface area contributed by atoms with Gasteiger partial charge in [0.2, 0.25) is 5.91 Å². The third-order valence-corrected chi connectivity index (χ3v) is 7.72. The number of imide groups is 1. The number of sulfone groups is 1. The first-order chi connectivity index (χ1) is 15.7. The van der Waals surface area contributed by atoms with Crippen LogP contribution < -0.4 is 0 Å². The second-order valence-corrected chi connectivity index (χ2v) is 11.7. The van der Waals surface area contributed by atoms with Crippen LogP contribution in [0.1, 0.15) is 25.0 Å². The molecule has 0 aromatic heterocycles. The average Bonchev–Trinajstić information content (AvgIpc) is 3.03. The summed E-state index contributed by atoms with van der Waals surface area (Å²) in [7, 11) is -2.87. The molecule has 4 rings (SSSR count). The van der Waals surface area contributed by atoms with E-state index < -0.39 is 9.84 Å². The van der Waals surface area contributed by atoms with Gasteiger partial charge in [0.05, 0.1) is 11.5 Å². The molecule has 0 bridgehead atoms. The topological polar surface area (TPSA) is 78.0 Å². The summed E-state index contributed by atoms with van der Waals surface area (Å²) in [6.45, 7) is 6.88. The molecule has 2 aliphatic rings. The van der Waals surface area contributed by atoms with Crippen molar-refractivity contribution in [1.82, 2.24) is 14.7 Å². The Bertz CT molecular complexity index is 1110. The summed E-state index contributed by atoms with van der Waals surface area (Å²) in [4.78, 5) is 29.9. The first-order valence-electron chi connectivity index (χ1n) is 11.4. The summed E-state index contributed by atoms with van der Waals surface area (Å²) < 4.78 is 23.3. The van der Waals surface area contributed by atoms with Crippen LogP contribution in [0.4, 0.5) is 4.79 Å². The lowest BCUT2D eigenvalue weighted by Gasteiger charge is -2.26. The van der Waals surface area contributed by atoms with Crippen molar-refractivity contribution in [1.29, 1.82) is 0 Å². The lowest BCUT2D eigenvalue weighted by atomic mass is 10.0. The number of nitrogens with zero attached hydrogens (tertiary/aromatic N) is 3. The van der Waals surface area contributed by atoms with Gasteiger partial charge in [-0.1, -0.05) is 56.3 Å². The zero-order chi connectivity index (χ0) is 23.6. The Morgan fingerprint density at radius 1 is 0.879 bits per heavy atom. The van der Waals surface area contributed by atoms with E-state index in [9.17, 15) is 18.0 Å². The van der Waals surface area contributed by atoms with Crippen LogP contribution in [0, 0.1) is 5.92 Å². The first kappa shape index (κ1) is 23.4. The van der Waals surface area contributed by atoms with Gasteiger partial charge < -0.3 is 4.90 Å². The zero-order valence-corrected chi connectivity index (χ0v) is 20.1. The second-order valence-electron chi connectivity index (χ2n) is 9.36. The molecule has 2 saturated heterocycles. The molecule has 33 heavy (non-hydrogen) atoms. The number of carbonyl (C=O) groups is 2. The van der Waals surface area contributed by atoms with Gasteiger partial charge in [0, 0.05) is 32.7 Å². The number of hydrogen-bond donors (Lipinski definition) is 0. The molecule has 176 valence electrons. The minimum Gasteiger partial charge on any atom is -0.311 e. The van der Waals surface area contributed by atoms with Crippen molar-refractivity contribution in [3.8, 4) is 11.1 Å². The number of benzene rings is 2. The van der Waals surface area contributed by atoms with Gasteiger partial charge in [-0.15, -0.1) is 0 Å². The van der Waals surface area contributed by atoms with E-state index in [2.05, 4.69) is 23.1 Å². The highest BCUT2D eigenvalue weighted by Gasteiger charge is 2.35. The molecule has 2 aliphatic heterocycles. The molecule has 0 N–H and O–H groups in total. The minimum atomic E-state index is -2.87. The van der Waals surface area contributed by atoms with E-state index in [0.717, 1.165) is 28.8 Å². The highest BCUT2D eigenvalue weighted by Crippen LogP contribution is 2.23. The smallest absolute Gasteiger partial charge is 0.311 e. The molecule has 0 atom stereocenters. The predicted octanol–water partition coefficient (Wildman–Crippen LogP) is 3.00. The molecule has 8 heteroatoms. The summed E-state index contributed by atoms with van der Waals surface area (Å²) >= 11 is 0. The maximum atomic E-state index is 12.6. The van der Waals surface area contributed by atoms with E-state index >= 15 is 0 Å². The molecule has 0 radical (unpaired) electrons. The van der Waals surface area contributed by atoms with Crippen LogP contribution in [0.15, 0.2) is 48.5 Å². The quantitative estimate of drug-likeness (QED) is 0.583. The fourth-order valence-electron chi connectivity index (χ4n) is 4.30. The van der Waals surface area contributed by atoms with Gasteiger partial charge in [0.1, 0.15) is 6.54 Å². The third kappa shape index (κ3) is 5.81. The van der Waals surface area contributed by atoms with Gasteiger partial charge in [0.25, 0.3) is 0 Å². The summed E-state index contributed by atoms with van der Waals surface area (Å²) in [5.41, 5.74) is 4.31. The Hall–Kier alpha value is -2.71. The fraction of sp³-hybridized carbons (Fsp3) is 0.440. The van der Waals surface area contributed by atoms with Crippen LogP contribution >= 0.6 is 0 Å². The molecule has 2 fully saturated rings. The second kappa shape index (κ2) is 9.65. The molecule has 2 aromatic rings. The maximum Gasteiger partial charge on any atom is 0.327 e. The third-order valence-electron chi connectivity index (χ3n) is 6.11. The number of carbonyl (C=O) groups excluding carboxylic acids is 2. The first-order valence-corrected chi connectivity index (χ1v) is 13.2. The molecule has 3 amide bonds. The lowest BCUT2D eigenvalue weighted by Crippen LogP contribution is -2.39. The number of amides is 3.